The number of benzene rings is 1. The molecule has 2 aliphatic rings. The minimum atomic E-state index is -1.44. The van der Waals surface area contributed by atoms with E-state index in [4.69, 9.17) is 0 Å². The number of pyridine rings is 1. The monoisotopic (exact) mass is 363 g/mol. The Labute approximate surface area is 148 Å². The zero-order valence-corrected chi connectivity index (χ0v) is 14.3. The molecule has 0 unspecified atom stereocenters. The van der Waals surface area contributed by atoms with Crippen LogP contribution in [-0.2, 0) is 0 Å². The molecule has 1 saturated carbocycles. The average molecular weight is 363 g/mol. The number of nitrogens with one attached hydrogen (secondary N) is 1. The summed E-state index contributed by atoms with van der Waals surface area (Å²) in [4.78, 5) is 25.7. The first-order valence-electron chi connectivity index (χ1n) is 8.67. The first-order chi connectivity index (χ1) is 12.4. The maximum absolute atomic E-state index is 14.9. The molecule has 1 aliphatic heterocycles. The van der Waals surface area contributed by atoms with Gasteiger partial charge in [-0.1, -0.05) is 0 Å². The first kappa shape index (κ1) is 17.0. The Morgan fingerprint density at radius 1 is 1.23 bits per heavy atom. The van der Waals surface area contributed by atoms with E-state index in [1.54, 1.807) is 16.4 Å². The Bertz CT molecular complexity index is 976. The number of fused-ring (bicyclic) bond motifs is 1. The van der Waals surface area contributed by atoms with Gasteiger partial charge < -0.3 is 19.9 Å². The van der Waals surface area contributed by atoms with Crippen molar-refractivity contribution in [1.82, 2.24) is 9.88 Å². The molecule has 0 bridgehead atoms. The van der Waals surface area contributed by atoms with Crippen LogP contribution in [0.25, 0.3) is 10.9 Å². The van der Waals surface area contributed by atoms with Crippen LogP contribution in [0.15, 0.2) is 11.0 Å². The number of aromatic nitrogens is 1. The molecule has 2 N–H and O–H groups in total. The standard InChI is InChI=1S/C18H19F2N3O3/c1-9-15-12(13(19)14(20)16(9)22-6-4-21-5-7-22)17(24)11(18(25)26)8-23(15)10-2-3-10/h8,10,21H,2-7H2,1H3,(H,25,26). The fourth-order valence-corrected chi connectivity index (χ4v) is 3.77. The molecule has 2 heterocycles. The smallest absolute Gasteiger partial charge is 0.341 e. The highest BCUT2D eigenvalue weighted by molar-refractivity contribution is 5.95. The second kappa shape index (κ2) is 6.05. The molecule has 0 radical (unpaired) electrons. The van der Waals surface area contributed by atoms with Gasteiger partial charge in [-0.25, -0.2) is 13.6 Å². The van der Waals surface area contributed by atoms with Crippen molar-refractivity contribution in [1.29, 1.82) is 0 Å². The van der Waals surface area contributed by atoms with E-state index < -0.39 is 34.0 Å². The van der Waals surface area contributed by atoms with Gasteiger partial charge in [0.25, 0.3) is 0 Å². The third kappa shape index (κ3) is 2.47. The fourth-order valence-electron chi connectivity index (χ4n) is 3.77. The summed E-state index contributed by atoms with van der Waals surface area (Å²) >= 11 is 0. The molecule has 1 aliphatic carbocycles. The van der Waals surface area contributed by atoms with E-state index in [-0.39, 0.29) is 11.7 Å². The van der Waals surface area contributed by atoms with Crippen LogP contribution in [0.2, 0.25) is 0 Å². The lowest BCUT2D eigenvalue weighted by Crippen LogP contribution is -2.44. The lowest BCUT2D eigenvalue weighted by Gasteiger charge is -2.32. The quantitative estimate of drug-likeness (QED) is 0.873. The summed E-state index contributed by atoms with van der Waals surface area (Å²) in [7, 11) is 0. The number of carbonyl (C=O) groups is 1. The van der Waals surface area contributed by atoms with Gasteiger partial charge in [-0.3, -0.25) is 4.79 Å². The third-order valence-corrected chi connectivity index (χ3v) is 5.17. The minimum absolute atomic E-state index is 0.00985. The van der Waals surface area contributed by atoms with E-state index in [1.165, 1.54) is 6.20 Å². The predicted molar refractivity (Wildman–Crippen MR) is 93.2 cm³/mol. The normalized spacial score (nSPS) is 17.7. The van der Waals surface area contributed by atoms with Crippen molar-refractivity contribution in [3.63, 3.8) is 0 Å². The molecule has 1 saturated heterocycles. The van der Waals surface area contributed by atoms with Crippen LogP contribution in [0.5, 0.6) is 0 Å². The summed E-state index contributed by atoms with van der Waals surface area (Å²) < 4.78 is 31.5. The molecule has 1 aromatic heterocycles. The minimum Gasteiger partial charge on any atom is -0.477 e. The maximum atomic E-state index is 14.9. The predicted octanol–water partition coefficient (Wildman–Crippen LogP) is 2.03. The van der Waals surface area contributed by atoms with Crippen molar-refractivity contribution in [2.24, 2.45) is 0 Å². The lowest BCUT2D eigenvalue weighted by molar-refractivity contribution is 0.0695. The Balaban J connectivity index is 2.09. The number of rotatable bonds is 3. The lowest BCUT2D eigenvalue weighted by atomic mass is 10.0. The van der Waals surface area contributed by atoms with Crippen LogP contribution in [0.4, 0.5) is 14.5 Å². The highest BCUT2D eigenvalue weighted by Crippen LogP contribution is 2.40. The number of hydrogen-bond donors (Lipinski definition) is 2. The summed E-state index contributed by atoms with van der Waals surface area (Å²) in [5, 5.41) is 12.0. The van der Waals surface area contributed by atoms with Gasteiger partial charge >= 0.3 is 5.97 Å². The first-order valence-corrected chi connectivity index (χ1v) is 8.67. The van der Waals surface area contributed by atoms with E-state index in [2.05, 4.69) is 5.32 Å². The van der Waals surface area contributed by atoms with Crippen LogP contribution in [0.1, 0.15) is 34.8 Å². The van der Waals surface area contributed by atoms with Crippen LogP contribution in [0.3, 0.4) is 0 Å². The van der Waals surface area contributed by atoms with Crippen molar-refractivity contribution in [3.05, 3.63) is 39.2 Å². The van der Waals surface area contributed by atoms with Crippen molar-refractivity contribution in [3.8, 4) is 0 Å². The van der Waals surface area contributed by atoms with Gasteiger partial charge in [0.2, 0.25) is 5.43 Å². The highest BCUT2D eigenvalue weighted by Gasteiger charge is 2.32. The molecule has 0 spiro atoms. The largest absolute Gasteiger partial charge is 0.477 e. The van der Waals surface area contributed by atoms with E-state index in [0.29, 0.717) is 37.3 Å². The van der Waals surface area contributed by atoms with Crippen molar-refractivity contribution in [2.75, 3.05) is 31.1 Å². The zero-order chi connectivity index (χ0) is 18.6. The second-order valence-corrected chi connectivity index (χ2v) is 6.88. The molecule has 138 valence electrons. The number of piperazine rings is 1. The average Bonchev–Trinajstić information content (AvgIpc) is 3.45. The molecule has 0 amide bonds. The SMILES string of the molecule is Cc1c(N2CCNCC2)c(F)c(F)c2c(=O)c(C(=O)O)cn(C3CC3)c12. The molecule has 4 rings (SSSR count). The fraction of sp³-hybridized carbons (Fsp3) is 0.444. The number of halogens is 2. The van der Waals surface area contributed by atoms with Gasteiger partial charge in [0, 0.05) is 44.0 Å². The maximum Gasteiger partial charge on any atom is 0.341 e. The summed E-state index contributed by atoms with van der Waals surface area (Å²) in [6.07, 6.45) is 2.91. The Morgan fingerprint density at radius 2 is 1.88 bits per heavy atom. The molecule has 26 heavy (non-hydrogen) atoms. The summed E-state index contributed by atoms with van der Waals surface area (Å²) in [6.45, 7) is 4.05. The topological polar surface area (TPSA) is 74.6 Å². The van der Waals surface area contributed by atoms with E-state index >= 15 is 0 Å². The second-order valence-electron chi connectivity index (χ2n) is 6.88. The molecule has 2 aromatic rings. The Kier molecular flexibility index (Phi) is 3.95. The van der Waals surface area contributed by atoms with Crippen LogP contribution < -0.4 is 15.6 Å². The molecular formula is C18H19F2N3O3. The molecular weight excluding hydrogens is 344 g/mol. The van der Waals surface area contributed by atoms with Crippen LogP contribution in [0, 0.1) is 18.6 Å². The molecule has 1 aromatic carbocycles. The van der Waals surface area contributed by atoms with E-state index in [0.717, 1.165) is 12.8 Å². The summed E-state index contributed by atoms with van der Waals surface area (Å²) in [5.41, 5.74) is -0.571. The summed E-state index contributed by atoms with van der Waals surface area (Å²) in [5.74, 6) is -3.78. The Morgan fingerprint density at radius 3 is 2.46 bits per heavy atom. The zero-order valence-electron chi connectivity index (χ0n) is 14.3. The Hall–Kier alpha value is -2.48. The van der Waals surface area contributed by atoms with Crippen LogP contribution >= 0.6 is 0 Å². The number of hydrogen-bond acceptors (Lipinski definition) is 4. The number of anilines is 1. The molecule has 2 fully saturated rings. The number of carboxylic acid groups (broad SMARTS) is 1. The van der Waals surface area contributed by atoms with Gasteiger partial charge in [0.05, 0.1) is 16.6 Å². The number of aryl methyl sites for hydroxylation is 1. The van der Waals surface area contributed by atoms with Gasteiger partial charge in [0.15, 0.2) is 11.6 Å². The summed E-state index contributed by atoms with van der Waals surface area (Å²) in [6, 6.07) is 0.00985. The highest BCUT2D eigenvalue weighted by atomic mass is 19.2. The third-order valence-electron chi connectivity index (χ3n) is 5.17. The van der Waals surface area contributed by atoms with Crippen molar-refractivity contribution in [2.45, 2.75) is 25.8 Å². The number of aromatic carboxylic acids is 1. The number of nitrogens with zero attached hydrogens (tertiary/aromatic N) is 2. The van der Waals surface area contributed by atoms with E-state index in [1.807, 2.05) is 0 Å². The van der Waals surface area contributed by atoms with Crippen LogP contribution in [-0.4, -0.2) is 41.8 Å². The molecule has 6 nitrogen and oxygen atoms in total. The van der Waals surface area contributed by atoms with Gasteiger partial charge in [-0.2, -0.15) is 0 Å². The van der Waals surface area contributed by atoms with E-state index in [9.17, 15) is 23.5 Å². The van der Waals surface area contributed by atoms with Crippen molar-refractivity contribution < 1.29 is 18.7 Å². The van der Waals surface area contributed by atoms with Gasteiger partial charge in [-0.15, -0.1) is 0 Å². The van der Waals surface area contributed by atoms with Crippen molar-refractivity contribution >= 4 is 22.6 Å². The number of carboxylic acids is 1. The van der Waals surface area contributed by atoms with Gasteiger partial charge in [-0.05, 0) is 19.8 Å². The van der Waals surface area contributed by atoms with Gasteiger partial charge in [0.1, 0.15) is 5.56 Å². The molecule has 0 atom stereocenters. The molecule has 8 heteroatoms.